The van der Waals surface area contributed by atoms with Crippen LogP contribution < -0.4 is 0 Å². The second-order valence-corrected chi connectivity index (χ2v) is 6.47. The van der Waals surface area contributed by atoms with Gasteiger partial charge in [-0.05, 0) is 25.3 Å². The van der Waals surface area contributed by atoms with Crippen molar-refractivity contribution in [1.82, 2.24) is 9.55 Å². The van der Waals surface area contributed by atoms with Crippen molar-refractivity contribution in [2.75, 3.05) is 13.7 Å². The first-order chi connectivity index (χ1) is 12.1. The van der Waals surface area contributed by atoms with Gasteiger partial charge in [0.25, 0.3) is 0 Å². The fourth-order valence-corrected chi connectivity index (χ4v) is 3.17. The smallest absolute Gasteiger partial charge is 0.356 e. The Kier molecular flexibility index (Phi) is 4.88. The molecule has 0 amide bonds. The van der Waals surface area contributed by atoms with Crippen LogP contribution in [0, 0.1) is 5.41 Å². The largest absolute Gasteiger partial charge is 0.468 e. The molecule has 132 valence electrons. The molecule has 25 heavy (non-hydrogen) atoms. The molecule has 1 atom stereocenters. The van der Waals surface area contributed by atoms with E-state index < -0.39 is 11.4 Å². The summed E-state index contributed by atoms with van der Waals surface area (Å²) in [5.41, 5.74) is 0.760. The van der Waals surface area contributed by atoms with Crippen LogP contribution in [0.1, 0.15) is 48.3 Å². The van der Waals surface area contributed by atoms with Crippen LogP contribution in [-0.4, -0.2) is 35.2 Å². The van der Waals surface area contributed by atoms with Crippen molar-refractivity contribution in [2.24, 2.45) is 5.41 Å². The number of hydrogen-bond acceptors (Lipinski definition) is 5. The Labute approximate surface area is 146 Å². The Morgan fingerprint density at radius 1 is 1.28 bits per heavy atom. The molecule has 1 fully saturated rings. The van der Waals surface area contributed by atoms with Gasteiger partial charge in [-0.1, -0.05) is 36.8 Å². The first-order valence-corrected chi connectivity index (χ1v) is 8.40. The van der Waals surface area contributed by atoms with Gasteiger partial charge < -0.3 is 14.0 Å². The number of ether oxygens (including phenoxy) is 2. The van der Waals surface area contributed by atoms with Crippen molar-refractivity contribution in [1.29, 1.82) is 0 Å². The SMILES string of the molecule is COC(=O)C1(COC(=O)c2cncn2[C@H](C)c2ccccc2)CCC1. The Bertz CT molecular complexity index is 750. The number of benzene rings is 1. The van der Waals surface area contributed by atoms with Crippen molar-refractivity contribution < 1.29 is 19.1 Å². The van der Waals surface area contributed by atoms with Gasteiger partial charge in [-0.2, -0.15) is 0 Å². The third-order valence-corrected chi connectivity index (χ3v) is 4.98. The van der Waals surface area contributed by atoms with E-state index in [1.54, 1.807) is 10.9 Å². The van der Waals surface area contributed by atoms with Crippen molar-refractivity contribution in [3.63, 3.8) is 0 Å². The molecule has 1 aromatic carbocycles. The monoisotopic (exact) mass is 342 g/mol. The highest BCUT2D eigenvalue weighted by Crippen LogP contribution is 2.42. The number of aromatic nitrogens is 2. The molecule has 1 heterocycles. The van der Waals surface area contributed by atoms with Gasteiger partial charge in [-0.3, -0.25) is 4.79 Å². The summed E-state index contributed by atoms with van der Waals surface area (Å²) in [5.74, 6) is -0.784. The number of esters is 2. The maximum absolute atomic E-state index is 12.5. The van der Waals surface area contributed by atoms with Crippen LogP contribution in [-0.2, 0) is 14.3 Å². The summed E-state index contributed by atoms with van der Waals surface area (Å²) >= 11 is 0. The lowest BCUT2D eigenvalue weighted by Crippen LogP contribution is -2.43. The zero-order valence-electron chi connectivity index (χ0n) is 14.5. The highest BCUT2D eigenvalue weighted by molar-refractivity contribution is 5.88. The fourth-order valence-electron chi connectivity index (χ4n) is 3.17. The van der Waals surface area contributed by atoms with Gasteiger partial charge in [0, 0.05) is 0 Å². The lowest BCUT2D eigenvalue weighted by atomic mass is 9.69. The molecule has 6 heteroatoms. The summed E-state index contributed by atoms with van der Waals surface area (Å²) in [7, 11) is 1.36. The average Bonchev–Trinajstić information content (AvgIpc) is 3.10. The second-order valence-electron chi connectivity index (χ2n) is 6.47. The lowest BCUT2D eigenvalue weighted by molar-refractivity contribution is -0.162. The minimum absolute atomic E-state index is 0.0450. The highest BCUT2D eigenvalue weighted by atomic mass is 16.5. The molecule has 0 bridgehead atoms. The molecular weight excluding hydrogens is 320 g/mol. The van der Waals surface area contributed by atoms with Crippen molar-refractivity contribution in [2.45, 2.75) is 32.2 Å². The number of methoxy groups -OCH3 is 1. The number of carbonyl (C=O) groups excluding carboxylic acids is 2. The molecule has 6 nitrogen and oxygen atoms in total. The minimum Gasteiger partial charge on any atom is -0.468 e. The normalized spacial score (nSPS) is 16.6. The fraction of sp³-hybridized carbons (Fsp3) is 0.421. The van der Waals surface area contributed by atoms with E-state index in [1.165, 1.54) is 13.3 Å². The Morgan fingerprint density at radius 2 is 2.00 bits per heavy atom. The zero-order chi connectivity index (χ0) is 17.9. The summed E-state index contributed by atoms with van der Waals surface area (Å²) in [6.45, 7) is 2.04. The molecule has 1 saturated carbocycles. The van der Waals surface area contributed by atoms with Crippen molar-refractivity contribution >= 4 is 11.9 Å². The van der Waals surface area contributed by atoms with Crippen LogP contribution >= 0.6 is 0 Å². The zero-order valence-corrected chi connectivity index (χ0v) is 14.5. The van der Waals surface area contributed by atoms with Gasteiger partial charge in [-0.15, -0.1) is 0 Å². The molecule has 0 unspecified atom stereocenters. The Hall–Kier alpha value is -2.63. The number of rotatable bonds is 6. The van der Waals surface area contributed by atoms with Crippen LogP contribution in [0.15, 0.2) is 42.9 Å². The molecule has 1 aromatic heterocycles. The summed E-state index contributed by atoms with van der Waals surface area (Å²) in [6, 6.07) is 9.81. The van der Waals surface area contributed by atoms with E-state index in [9.17, 15) is 9.59 Å². The second kappa shape index (κ2) is 7.09. The molecule has 3 rings (SSSR count). The predicted octanol–water partition coefficient (Wildman–Crippen LogP) is 2.99. The quantitative estimate of drug-likeness (QED) is 0.755. The first-order valence-electron chi connectivity index (χ1n) is 8.40. The van der Waals surface area contributed by atoms with Gasteiger partial charge in [0.2, 0.25) is 0 Å². The summed E-state index contributed by atoms with van der Waals surface area (Å²) in [5, 5.41) is 0. The molecular formula is C19H22N2O4. The minimum atomic E-state index is -0.680. The van der Waals surface area contributed by atoms with E-state index in [2.05, 4.69) is 4.98 Å². The predicted molar refractivity (Wildman–Crippen MR) is 91.1 cm³/mol. The topological polar surface area (TPSA) is 70.4 Å². The molecule has 2 aromatic rings. The summed E-state index contributed by atoms with van der Waals surface area (Å²) in [4.78, 5) is 28.6. The van der Waals surface area contributed by atoms with E-state index in [1.807, 2.05) is 37.3 Å². The molecule has 1 aliphatic rings. The summed E-state index contributed by atoms with van der Waals surface area (Å²) in [6.07, 6.45) is 5.43. The molecule has 0 radical (unpaired) electrons. The third kappa shape index (κ3) is 3.29. The number of carbonyl (C=O) groups is 2. The lowest BCUT2D eigenvalue weighted by Gasteiger charge is -2.37. The van der Waals surface area contributed by atoms with E-state index in [4.69, 9.17) is 9.47 Å². The molecule has 0 spiro atoms. The van der Waals surface area contributed by atoms with Gasteiger partial charge in [0.1, 0.15) is 17.7 Å². The van der Waals surface area contributed by atoms with Crippen LogP contribution in [0.2, 0.25) is 0 Å². The van der Waals surface area contributed by atoms with Crippen LogP contribution in [0.25, 0.3) is 0 Å². The standard InChI is InChI=1S/C19H22N2O4/c1-14(15-7-4-3-5-8-15)21-13-20-11-16(21)17(22)25-12-19(9-6-10-19)18(23)24-2/h3-5,7-8,11,13-14H,6,9-10,12H2,1-2H3/t14-/m1/s1. The van der Waals surface area contributed by atoms with Gasteiger partial charge in [-0.25, -0.2) is 9.78 Å². The number of nitrogens with zero attached hydrogens (tertiary/aromatic N) is 2. The molecule has 0 saturated heterocycles. The first kappa shape index (κ1) is 17.2. The van der Waals surface area contributed by atoms with E-state index in [0.29, 0.717) is 18.5 Å². The van der Waals surface area contributed by atoms with Crippen LogP contribution in [0.5, 0.6) is 0 Å². The molecule has 1 aliphatic carbocycles. The molecule has 0 N–H and O–H groups in total. The highest BCUT2D eigenvalue weighted by Gasteiger charge is 2.46. The Morgan fingerprint density at radius 3 is 2.60 bits per heavy atom. The summed E-state index contributed by atoms with van der Waals surface area (Å²) < 4.78 is 12.1. The van der Waals surface area contributed by atoms with Gasteiger partial charge in [0.15, 0.2) is 0 Å². The third-order valence-electron chi connectivity index (χ3n) is 4.98. The van der Waals surface area contributed by atoms with E-state index in [0.717, 1.165) is 12.0 Å². The van der Waals surface area contributed by atoms with Crippen molar-refractivity contribution in [3.05, 3.63) is 54.1 Å². The Balaban J connectivity index is 1.72. The van der Waals surface area contributed by atoms with Crippen LogP contribution in [0.3, 0.4) is 0 Å². The van der Waals surface area contributed by atoms with Gasteiger partial charge >= 0.3 is 11.9 Å². The molecule has 0 aliphatic heterocycles. The maximum atomic E-state index is 12.5. The van der Waals surface area contributed by atoms with E-state index >= 15 is 0 Å². The van der Waals surface area contributed by atoms with Gasteiger partial charge in [0.05, 0.1) is 25.7 Å². The average molecular weight is 342 g/mol. The number of imidazole rings is 1. The van der Waals surface area contributed by atoms with E-state index in [-0.39, 0.29) is 18.6 Å². The van der Waals surface area contributed by atoms with Crippen LogP contribution in [0.4, 0.5) is 0 Å². The number of hydrogen-bond donors (Lipinski definition) is 0. The maximum Gasteiger partial charge on any atom is 0.356 e. The van der Waals surface area contributed by atoms with Crippen molar-refractivity contribution in [3.8, 4) is 0 Å².